The van der Waals surface area contributed by atoms with Gasteiger partial charge in [-0.1, -0.05) is 38.0 Å². The Balaban J connectivity index is 1.92. The van der Waals surface area contributed by atoms with E-state index < -0.39 is 5.41 Å². The zero-order chi connectivity index (χ0) is 15.3. The second-order valence-electron chi connectivity index (χ2n) is 5.81. The number of anilines is 1. The summed E-state index contributed by atoms with van der Waals surface area (Å²) in [7, 11) is 0. The van der Waals surface area contributed by atoms with Gasteiger partial charge in [0.1, 0.15) is 5.41 Å². The number of carbonyl (C=O) groups is 2. The molecular formula is C17H24N2O2. The Hall–Kier alpha value is -1.84. The maximum atomic E-state index is 12.4. The first kappa shape index (κ1) is 15.5. The zero-order valence-electron chi connectivity index (χ0n) is 12.9. The fraction of sp³-hybridized carbons (Fsp3) is 0.529. The van der Waals surface area contributed by atoms with Crippen LogP contribution >= 0.6 is 0 Å². The number of benzene rings is 1. The maximum absolute atomic E-state index is 12.4. The molecule has 2 amide bonds. The largest absolute Gasteiger partial charge is 0.355 e. The van der Waals surface area contributed by atoms with Crippen LogP contribution in [0.1, 0.15) is 44.6 Å². The summed E-state index contributed by atoms with van der Waals surface area (Å²) >= 11 is 0. The number of para-hydroxylation sites is 1. The third-order valence-electron chi connectivity index (χ3n) is 4.08. The number of carbonyl (C=O) groups excluding carboxylic acids is 2. The Bertz CT molecular complexity index is 521. The predicted molar refractivity (Wildman–Crippen MR) is 84.0 cm³/mol. The quantitative estimate of drug-likeness (QED) is 0.598. The van der Waals surface area contributed by atoms with Crippen molar-refractivity contribution in [3.63, 3.8) is 0 Å². The van der Waals surface area contributed by atoms with E-state index in [2.05, 4.69) is 17.6 Å². The van der Waals surface area contributed by atoms with E-state index in [1.54, 1.807) is 0 Å². The lowest BCUT2D eigenvalue weighted by atomic mass is 10.0. The number of hydrogen-bond donors (Lipinski definition) is 2. The second kappa shape index (κ2) is 6.74. The molecule has 0 radical (unpaired) electrons. The van der Waals surface area contributed by atoms with Crippen molar-refractivity contribution in [3.8, 4) is 0 Å². The Morgan fingerprint density at radius 3 is 2.48 bits per heavy atom. The Morgan fingerprint density at radius 2 is 1.86 bits per heavy atom. The molecule has 0 spiro atoms. The van der Waals surface area contributed by atoms with Gasteiger partial charge in [-0.15, -0.1) is 0 Å². The van der Waals surface area contributed by atoms with E-state index in [9.17, 15) is 9.59 Å². The molecule has 0 unspecified atom stereocenters. The molecule has 1 aromatic rings. The number of unbranched alkanes of at least 4 members (excludes halogenated alkanes) is 2. The number of aryl methyl sites for hydroxylation is 1. The summed E-state index contributed by atoms with van der Waals surface area (Å²) in [5, 5.41) is 5.80. The minimum atomic E-state index is -0.839. The van der Waals surface area contributed by atoms with E-state index in [0.717, 1.165) is 30.5 Å². The molecule has 1 saturated carbocycles. The van der Waals surface area contributed by atoms with E-state index in [1.807, 2.05) is 31.2 Å². The van der Waals surface area contributed by atoms with Crippen molar-refractivity contribution in [2.24, 2.45) is 5.41 Å². The summed E-state index contributed by atoms with van der Waals surface area (Å²) in [6.07, 6.45) is 4.48. The lowest BCUT2D eigenvalue weighted by Gasteiger charge is -2.16. The van der Waals surface area contributed by atoms with Crippen LogP contribution in [0.2, 0.25) is 0 Å². The third-order valence-corrected chi connectivity index (χ3v) is 4.08. The van der Waals surface area contributed by atoms with Crippen molar-refractivity contribution in [2.75, 3.05) is 11.9 Å². The van der Waals surface area contributed by atoms with Crippen LogP contribution in [0.5, 0.6) is 0 Å². The van der Waals surface area contributed by atoms with Crippen LogP contribution in [0.15, 0.2) is 24.3 Å². The monoisotopic (exact) mass is 288 g/mol. The minimum Gasteiger partial charge on any atom is -0.355 e. The van der Waals surface area contributed by atoms with Crippen LogP contribution in [0.25, 0.3) is 0 Å². The van der Waals surface area contributed by atoms with E-state index in [0.29, 0.717) is 19.4 Å². The van der Waals surface area contributed by atoms with Crippen LogP contribution in [-0.4, -0.2) is 18.4 Å². The Kier molecular flexibility index (Phi) is 4.99. The average molecular weight is 288 g/mol. The first-order valence-corrected chi connectivity index (χ1v) is 7.75. The summed E-state index contributed by atoms with van der Waals surface area (Å²) in [6, 6.07) is 7.62. The summed E-state index contributed by atoms with van der Waals surface area (Å²) in [5.74, 6) is -0.297. The smallest absolute Gasteiger partial charge is 0.240 e. The van der Waals surface area contributed by atoms with Gasteiger partial charge in [-0.05, 0) is 37.8 Å². The fourth-order valence-electron chi connectivity index (χ4n) is 2.38. The van der Waals surface area contributed by atoms with Crippen molar-refractivity contribution in [2.45, 2.75) is 46.0 Å². The van der Waals surface area contributed by atoms with Crippen molar-refractivity contribution in [1.82, 2.24) is 5.32 Å². The van der Waals surface area contributed by atoms with Gasteiger partial charge in [-0.3, -0.25) is 9.59 Å². The van der Waals surface area contributed by atoms with E-state index in [4.69, 9.17) is 0 Å². The van der Waals surface area contributed by atoms with Gasteiger partial charge >= 0.3 is 0 Å². The molecule has 114 valence electrons. The maximum Gasteiger partial charge on any atom is 0.240 e. The normalized spacial score (nSPS) is 15.3. The van der Waals surface area contributed by atoms with E-state index in [1.165, 1.54) is 0 Å². The van der Waals surface area contributed by atoms with Crippen molar-refractivity contribution in [3.05, 3.63) is 29.8 Å². The molecule has 21 heavy (non-hydrogen) atoms. The summed E-state index contributed by atoms with van der Waals surface area (Å²) in [5.41, 5.74) is 0.951. The molecule has 1 aromatic carbocycles. The lowest BCUT2D eigenvalue weighted by Crippen LogP contribution is -2.40. The number of rotatable bonds is 7. The Morgan fingerprint density at radius 1 is 1.14 bits per heavy atom. The molecule has 4 heteroatoms. The van der Waals surface area contributed by atoms with Crippen molar-refractivity contribution < 1.29 is 9.59 Å². The zero-order valence-corrected chi connectivity index (χ0v) is 12.9. The molecule has 0 bridgehead atoms. The van der Waals surface area contributed by atoms with Crippen LogP contribution in [0.3, 0.4) is 0 Å². The van der Waals surface area contributed by atoms with Crippen LogP contribution < -0.4 is 10.6 Å². The first-order chi connectivity index (χ1) is 10.1. The van der Waals surface area contributed by atoms with Gasteiger partial charge in [0.15, 0.2) is 0 Å². The SMILES string of the molecule is CCCCCNC(=O)C1(C(=O)Nc2ccccc2C)CC1. The van der Waals surface area contributed by atoms with E-state index >= 15 is 0 Å². The summed E-state index contributed by atoms with van der Waals surface area (Å²) < 4.78 is 0. The molecule has 0 heterocycles. The minimum absolute atomic E-state index is 0.121. The van der Waals surface area contributed by atoms with Crippen molar-refractivity contribution in [1.29, 1.82) is 0 Å². The molecule has 0 atom stereocenters. The topological polar surface area (TPSA) is 58.2 Å². The van der Waals surface area contributed by atoms with Gasteiger partial charge < -0.3 is 10.6 Å². The Labute approximate surface area is 126 Å². The van der Waals surface area contributed by atoms with Crippen molar-refractivity contribution >= 4 is 17.5 Å². The van der Waals surface area contributed by atoms with Gasteiger partial charge in [0.2, 0.25) is 11.8 Å². The molecule has 1 fully saturated rings. The highest BCUT2D eigenvalue weighted by Gasteiger charge is 2.56. The number of nitrogens with one attached hydrogen (secondary N) is 2. The van der Waals surface area contributed by atoms with Gasteiger partial charge in [0.25, 0.3) is 0 Å². The van der Waals surface area contributed by atoms with Gasteiger partial charge in [-0.2, -0.15) is 0 Å². The molecule has 1 aliphatic carbocycles. The average Bonchev–Trinajstić information content (AvgIpc) is 3.27. The standard InChI is InChI=1S/C17H24N2O2/c1-3-4-7-12-18-15(20)17(10-11-17)16(21)19-14-9-6-5-8-13(14)2/h5-6,8-9H,3-4,7,10-12H2,1-2H3,(H,18,20)(H,19,21). The first-order valence-electron chi connectivity index (χ1n) is 7.75. The van der Waals surface area contributed by atoms with E-state index in [-0.39, 0.29) is 11.8 Å². The fourth-order valence-corrected chi connectivity index (χ4v) is 2.38. The molecule has 0 aliphatic heterocycles. The second-order valence-corrected chi connectivity index (χ2v) is 5.81. The van der Waals surface area contributed by atoms with Crippen LogP contribution in [0, 0.1) is 12.3 Å². The molecule has 0 saturated heterocycles. The molecule has 0 aromatic heterocycles. The molecular weight excluding hydrogens is 264 g/mol. The summed E-state index contributed by atoms with van der Waals surface area (Å²) in [6.45, 7) is 4.73. The van der Waals surface area contributed by atoms with Crippen LogP contribution in [0.4, 0.5) is 5.69 Å². The number of amides is 2. The highest BCUT2D eigenvalue weighted by Crippen LogP contribution is 2.46. The van der Waals surface area contributed by atoms with Gasteiger partial charge in [0.05, 0.1) is 0 Å². The number of hydrogen-bond acceptors (Lipinski definition) is 2. The predicted octanol–water partition coefficient (Wildman–Crippen LogP) is 3.02. The molecule has 4 nitrogen and oxygen atoms in total. The molecule has 2 N–H and O–H groups in total. The highest BCUT2D eigenvalue weighted by atomic mass is 16.2. The molecule has 2 rings (SSSR count). The van der Waals surface area contributed by atoms with Crippen LogP contribution in [-0.2, 0) is 9.59 Å². The third kappa shape index (κ3) is 3.63. The summed E-state index contributed by atoms with van der Waals surface area (Å²) in [4.78, 5) is 24.6. The molecule has 1 aliphatic rings. The van der Waals surface area contributed by atoms with Gasteiger partial charge in [-0.25, -0.2) is 0 Å². The van der Waals surface area contributed by atoms with Gasteiger partial charge in [0, 0.05) is 12.2 Å². The lowest BCUT2D eigenvalue weighted by molar-refractivity contribution is -0.134. The highest BCUT2D eigenvalue weighted by molar-refractivity contribution is 6.13.